The second-order valence-electron chi connectivity index (χ2n) is 5.30. The van der Waals surface area contributed by atoms with Crippen molar-refractivity contribution in [2.75, 3.05) is 0 Å². The first-order chi connectivity index (χ1) is 12.3. The fourth-order valence-electron chi connectivity index (χ4n) is 2.68. The van der Waals surface area contributed by atoms with Crippen LogP contribution in [-0.4, -0.2) is 27.1 Å². The molecular formula is C18H14N6S. The molecule has 7 heteroatoms. The van der Waals surface area contributed by atoms with E-state index in [4.69, 9.17) is 16.1 Å². The van der Waals surface area contributed by atoms with Gasteiger partial charge >= 0.3 is 0 Å². The number of hydrogen-bond acceptors (Lipinski definition) is 4. The normalized spacial score (nSPS) is 11.8. The fraction of sp³-hybridized carbons (Fsp3) is 0. The maximum atomic E-state index is 7.19. The predicted molar refractivity (Wildman–Crippen MR) is 102 cm³/mol. The van der Waals surface area contributed by atoms with Crippen molar-refractivity contribution in [2.45, 2.75) is 0 Å². The maximum absolute atomic E-state index is 7.19. The summed E-state index contributed by atoms with van der Waals surface area (Å²) >= 11 is 1.46. The standard InChI is InChI=1S/C18H14N6S/c19-10-23-16(20)15-14(11-4-2-1-3-5-11)24-18(25-15)13-7-9-22-17-12(13)6-8-21-17/h1-10H,(H,21,22)(H3,19,20,23). The SMILES string of the molecule is N=CN=C(N)c1sc(-c2ccnc3[nH]ccc23)nc1-c1ccccc1. The van der Waals surface area contributed by atoms with Crippen LogP contribution in [0.25, 0.3) is 32.9 Å². The molecule has 0 atom stereocenters. The Kier molecular flexibility index (Phi) is 3.83. The van der Waals surface area contributed by atoms with Gasteiger partial charge in [-0.15, -0.1) is 11.3 Å². The van der Waals surface area contributed by atoms with Crippen LogP contribution in [0.3, 0.4) is 0 Å². The molecular weight excluding hydrogens is 332 g/mol. The van der Waals surface area contributed by atoms with Crippen molar-refractivity contribution in [1.82, 2.24) is 15.0 Å². The Hall–Kier alpha value is -3.32. The van der Waals surface area contributed by atoms with E-state index in [9.17, 15) is 0 Å². The van der Waals surface area contributed by atoms with Crippen LogP contribution in [0.2, 0.25) is 0 Å². The minimum Gasteiger partial charge on any atom is -0.382 e. The summed E-state index contributed by atoms with van der Waals surface area (Å²) in [5.41, 5.74) is 9.61. The summed E-state index contributed by atoms with van der Waals surface area (Å²) in [6, 6.07) is 13.8. The highest BCUT2D eigenvalue weighted by molar-refractivity contribution is 7.17. The van der Waals surface area contributed by atoms with Crippen molar-refractivity contribution in [3.8, 4) is 21.8 Å². The zero-order chi connectivity index (χ0) is 17.2. The van der Waals surface area contributed by atoms with Crippen LogP contribution >= 0.6 is 11.3 Å². The molecule has 122 valence electrons. The second-order valence-corrected chi connectivity index (χ2v) is 6.30. The molecule has 25 heavy (non-hydrogen) atoms. The van der Waals surface area contributed by atoms with Crippen molar-refractivity contribution in [3.63, 3.8) is 0 Å². The molecule has 4 rings (SSSR count). The molecule has 0 aliphatic heterocycles. The molecule has 0 bridgehead atoms. The zero-order valence-corrected chi connectivity index (χ0v) is 13.9. The third kappa shape index (κ3) is 2.70. The first-order valence-electron chi connectivity index (χ1n) is 7.59. The summed E-state index contributed by atoms with van der Waals surface area (Å²) in [4.78, 5) is 16.9. The molecule has 6 nitrogen and oxygen atoms in total. The number of H-pyrrole nitrogens is 1. The van der Waals surface area contributed by atoms with Crippen molar-refractivity contribution in [2.24, 2.45) is 10.7 Å². The molecule has 0 unspecified atom stereocenters. The lowest BCUT2D eigenvalue weighted by atomic mass is 10.1. The Balaban J connectivity index is 1.95. The number of aromatic amines is 1. The van der Waals surface area contributed by atoms with Crippen LogP contribution < -0.4 is 5.73 Å². The highest BCUT2D eigenvalue weighted by atomic mass is 32.1. The average Bonchev–Trinajstić information content (AvgIpc) is 3.29. The molecule has 0 fully saturated rings. The highest BCUT2D eigenvalue weighted by Crippen LogP contribution is 2.36. The van der Waals surface area contributed by atoms with Gasteiger partial charge in [0, 0.05) is 28.9 Å². The van der Waals surface area contributed by atoms with Crippen LogP contribution in [0, 0.1) is 5.41 Å². The summed E-state index contributed by atoms with van der Waals surface area (Å²) in [5, 5.41) is 9.04. The van der Waals surface area contributed by atoms with Gasteiger partial charge in [0.15, 0.2) is 0 Å². The summed E-state index contributed by atoms with van der Waals surface area (Å²) in [5.74, 6) is 0.289. The molecule has 3 aromatic heterocycles. The largest absolute Gasteiger partial charge is 0.382 e. The minimum atomic E-state index is 0.289. The number of aliphatic imine (C=N–C) groups is 1. The second kappa shape index (κ2) is 6.29. The zero-order valence-electron chi connectivity index (χ0n) is 13.1. The van der Waals surface area contributed by atoms with Crippen molar-refractivity contribution in [3.05, 3.63) is 59.7 Å². The van der Waals surface area contributed by atoms with E-state index in [1.165, 1.54) is 11.3 Å². The van der Waals surface area contributed by atoms with Crippen LogP contribution in [0.5, 0.6) is 0 Å². The molecule has 4 N–H and O–H groups in total. The number of rotatable bonds is 4. The summed E-state index contributed by atoms with van der Waals surface area (Å²) in [6.07, 6.45) is 4.56. The van der Waals surface area contributed by atoms with Gasteiger partial charge in [-0.1, -0.05) is 30.3 Å². The predicted octanol–water partition coefficient (Wildman–Crippen LogP) is 3.67. The van der Waals surface area contributed by atoms with Crippen molar-refractivity contribution >= 4 is 34.5 Å². The van der Waals surface area contributed by atoms with E-state index in [2.05, 4.69) is 15.0 Å². The molecule has 0 spiro atoms. The van der Waals surface area contributed by atoms with E-state index in [1.807, 2.05) is 48.7 Å². The minimum absolute atomic E-state index is 0.289. The van der Waals surface area contributed by atoms with Gasteiger partial charge in [0.2, 0.25) is 0 Å². The molecule has 0 aliphatic carbocycles. The number of aromatic nitrogens is 3. The molecule has 0 aliphatic rings. The van der Waals surface area contributed by atoms with E-state index in [1.54, 1.807) is 6.20 Å². The first-order valence-corrected chi connectivity index (χ1v) is 8.41. The third-order valence-corrected chi connectivity index (χ3v) is 4.91. The van der Waals surface area contributed by atoms with Gasteiger partial charge in [-0.25, -0.2) is 15.0 Å². The smallest absolute Gasteiger partial charge is 0.144 e. The lowest BCUT2D eigenvalue weighted by Gasteiger charge is -2.00. The Labute approximate surface area is 147 Å². The van der Waals surface area contributed by atoms with E-state index in [0.717, 1.165) is 44.1 Å². The summed E-state index contributed by atoms with van der Waals surface area (Å²) in [7, 11) is 0. The molecule has 0 radical (unpaired) electrons. The molecule has 0 amide bonds. The van der Waals surface area contributed by atoms with Gasteiger partial charge in [0.25, 0.3) is 0 Å². The molecule has 4 aromatic rings. The molecule has 0 saturated carbocycles. The highest BCUT2D eigenvalue weighted by Gasteiger charge is 2.18. The van der Waals surface area contributed by atoms with Crippen LogP contribution in [0.1, 0.15) is 4.88 Å². The fourth-order valence-corrected chi connectivity index (χ4v) is 3.71. The number of pyridine rings is 1. The number of hydrogen-bond donors (Lipinski definition) is 3. The Morgan fingerprint density at radius 2 is 2.04 bits per heavy atom. The number of nitrogens with zero attached hydrogens (tertiary/aromatic N) is 3. The Morgan fingerprint density at radius 1 is 1.20 bits per heavy atom. The number of benzene rings is 1. The monoisotopic (exact) mass is 346 g/mol. The summed E-state index contributed by atoms with van der Waals surface area (Å²) < 4.78 is 0. The van der Waals surface area contributed by atoms with Crippen LogP contribution in [-0.2, 0) is 0 Å². The van der Waals surface area contributed by atoms with E-state index < -0.39 is 0 Å². The first kappa shape index (κ1) is 15.2. The maximum Gasteiger partial charge on any atom is 0.144 e. The van der Waals surface area contributed by atoms with Gasteiger partial charge in [-0.05, 0) is 12.1 Å². The number of thiazole rings is 1. The number of fused-ring (bicyclic) bond motifs is 1. The third-order valence-electron chi connectivity index (χ3n) is 3.80. The number of nitrogens with one attached hydrogen (secondary N) is 2. The Bertz CT molecular complexity index is 1080. The molecule has 3 heterocycles. The van der Waals surface area contributed by atoms with Crippen LogP contribution in [0.15, 0.2) is 59.9 Å². The van der Waals surface area contributed by atoms with Gasteiger partial charge in [0.1, 0.15) is 22.8 Å². The number of nitrogens with two attached hydrogens (primary N) is 1. The molecule has 1 aromatic carbocycles. The lowest BCUT2D eigenvalue weighted by Crippen LogP contribution is -2.12. The quantitative estimate of drug-likeness (QED) is 0.388. The lowest BCUT2D eigenvalue weighted by molar-refractivity contribution is 1.32. The van der Waals surface area contributed by atoms with E-state index in [-0.39, 0.29) is 5.84 Å². The average molecular weight is 346 g/mol. The van der Waals surface area contributed by atoms with Gasteiger partial charge < -0.3 is 10.7 Å². The van der Waals surface area contributed by atoms with Gasteiger partial charge in [0.05, 0.1) is 10.6 Å². The summed E-state index contributed by atoms with van der Waals surface area (Å²) in [6.45, 7) is 0. The van der Waals surface area contributed by atoms with Gasteiger partial charge in [-0.3, -0.25) is 5.41 Å². The van der Waals surface area contributed by atoms with Crippen molar-refractivity contribution < 1.29 is 0 Å². The van der Waals surface area contributed by atoms with E-state index in [0.29, 0.717) is 0 Å². The van der Waals surface area contributed by atoms with Crippen molar-refractivity contribution in [1.29, 1.82) is 5.41 Å². The Morgan fingerprint density at radius 3 is 2.84 bits per heavy atom. The molecule has 0 saturated heterocycles. The number of amidine groups is 1. The van der Waals surface area contributed by atoms with E-state index >= 15 is 0 Å². The van der Waals surface area contributed by atoms with Crippen LogP contribution in [0.4, 0.5) is 0 Å². The van der Waals surface area contributed by atoms with Gasteiger partial charge in [-0.2, -0.15) is 0 Å². The topological polar surface area (TPSA) is 104 Å².